The van der Waals surface area contributed by atoms with Gasteiger partial charge in [0.2, 0.25) is 5.91 Å². The van der Waals surface area contributed by atoms with Crippen LogP contribution in [-0.2, 0) is 4.79 Å². The third-order valence-corrected chi connectivity index (χ3v) is 11.1. The van der Waals surface area contributed by atoms with Crippen molar-refractivity contribution in [2.45, 2.75) is 109 Å². The average Bonchev–Trinajstić information content (AvgIpc) is 3.01. The number of carbonyl (C=O) groups excluding carboxylic acids is 1. The summed E-state index contributed by atoms with van der Waals surface area (Å²) in [5, 5.41) is 4.29. The summed E-state index contributed by atoms with van der Waals surface area (Å²) in [6.45, 7) is 12.4. The van der Waals surface area contributed by atoms with Gasteiger partial charge in [-0.05, 0) is 74.6 Å². The molecule has 1 N–H and O–H groups in total. The summed E-state index contributed by atoms with van der Waals surface area (Å²) in [4.78, 5) is 15.5. The van der Waals surface area contributed by atoms with E-state index < -0.39 is 0 Å². The van der Waals surface area contributed by atoms with Crippen LogP contribution in [0.3, 0.4) is 0 Å². The second kappa shape index (κ2) is 14.9. The van der Waals surface area contributed by atoms with Gasteiger partial charge in [0.1, 0.15) is 0 Å². The van der Waals surface area contributed by atoms with Crippen LogP contribution < -0.4 is 5.32 Å². The number of hydrogen-bond acceptors (Lipinski definition) is 4. The van der Waals surface area contributed by atoms with Crippen LogP contribution in [0.15, 0.2) is 10.3 Å². The number of nitrogens with zero attached hydrogens (tertiary/aromatic N) is 1. The maximum Gasteiger partial charge on any atom is 0.224 e. The lowest BCUT2D eigenvalue weighted by Gasteiger charge is -2.37. The van der Waals surface area contributed by atoms with Crippen LogP contribution in [-0.4, -0.2) is 36.2 Å². The van der Waals surface area contributed by atoms with Crippen molar-refractivity contribution in [2.75, 3.05) is 30.7 Å². The highest BCUT2D eigenvalue weighted by Crippen LogP contribution is 2.43. The van der Waals surface area contributed by atoms with Gasteiger partial charge in [0, 0.05) is 18.7 Å². The van der Waals surface area contributed by atoms with E-state index in [-0.39, 0.29) is 5.91 Å². The highest BCUT2D eigenvalue weighted by Gasteiger charge is 2.32. The van der Waals surface area contributed by atoms with Gasteiger partial charge in [0.25, 0.3) is 0 Å². The molecule has 194 valence electrons. The lowest BCUT2D eigenvalue weighted by molar-refractivity contribution is -0.116. The zero-order valence-electron chi connectivity index (χ0n) is 22.4. The molecule has 0 unspecified atom stereocenters. The maximum absolute atomic E-state index is 13.0. The van der Waals surface area contributed by atoms with E-state index in [2.05, 4.69) is 44.0 Å². The molecule has 1 atom stereocenters. The third-order valence-electron chi connectivity index (χ3n) is 8.55. The SMILES string of the molecule is CCN(CC)CCSc1sc(NC(=O)CC[C@@H](C2CCCCCC2)C2CCC(C)CC2)cc1C. The molecule has 2 saturated carbocycles. The van der Waals surface area contributed by atoms with Gasteiger partial charge in [-0.3, -0.25) is 4.79 Å². The summed E-state index contributed by atoms with van der Waals surface area (Å²) in [5.74, 6) is 4.70. The Labute approximate surface area is 218 Å². The molecule has 1 heterocycles. The Morgan fingerprint density at radius 2 is 1.71 bits per heavy atom. The van der Waals surface area contributed by atoms with Crippen LogP contribution in [0.5, 0.6) is 0 Å². The van der Waals surface area contributed by atoms with Crippen LogP contribution in [0.4, 0.5) is 5.00 Å². The minimum atomic E-state index is 0.226. The van der Waals surface area contributed by atoms with E-state index in [0.717, 1.165) is 60.5 Å². The fourth-order valence-corrected chi connectivity index (χ4v) is 8.68. The van der Waals surface area contributed by atoms with E-state index >= 15 is 0 Å². The predicted octanol–water partition coefficient (Wildman–Crippen LogP) is 8.62. The number of carbonyl (C=O) groups is 1. The number of rotatable bonds is 12. The number of hydrogen-bond donors (Lipinski definition) is 1. The first-order chi connectivity index (χ1) is 16.5. The van der Waals surface area contributed by atoms with Crippen LogP contribution in [0.2, 0.25) is 0 Å². The molecular formula is C29H50N2OS2. The topological polar surface area (TPSA) is 32.3 Å². The number of thiophene rings is 1. The second-order valence-electron chi connectivity index (χ2n) is 11.0. The molecule has 0 aromatic carbocycles. The fraction of sp³-hybridized carbons (Fsp3) is 0.828. The lowest BCUT2D eigenvalue weighted by Crippen LogP contribution is -2.28. The van der Waals surface area contributed by atoms with Gasteiger partial charge in [-0.15, -0.1) is 23.1 Å². The van der Waals surface area contributed by atoms with E-state index in [0.29, 0.717) is 6.42 Å². The van der Waals surface area contributed by atoms with Gasteiger partial charge >= 0.3 is 0 Å². The highest BCUT2D eigenvalue weighted by atomic mass is 32.2. The molecule has 0 bridgehead atoms. The molecule has 0 spiro atoms. The van der Waals surface area contributed by atoms with Gasteiger partial charge < -0.3 is 10.2 Å². The Hall–Kier alpha value is -0.520. The van der Waals surface area contributed by atoms with Gasteiger partial charge in [-0.25, -0.2) is 0 Å². The zero-order valence-corrected chi connectivity index (χ0v) is 24.0. The normalized spacial score (nSPS) is 23.1. The van der Waals surface area contributed by atoms with Crippen LogP contribution in [0.25, 0.3) is 0 Å². The Balaban J connectivity index is 1.52. The van der Waals surface area contributed by atoms with E-state index in [4.69, 9.17) is 0 Å². The molecule has 34 heavy (non-hydrogen) atoms. The molecule has 0 radical (unpaired) electrons. The molecule has 2 fully saturated rings. The Morgan fingerprint density at radius 1 is 1.06 bits per heavy atom. The first-order valence-corrected chi connectivity index (χ1v) is 16.1. The lowest BCUT2D eigenvalue weighted by atomic mass is 9.68. The van der Waals surface area contributed by atoms with Crippen molar-refractivity contribution < 1.29 is 4.79 Å². The predicted molar refractivity (Wildman–Crippen MR) is 151 cm³/mol. The zero-order chi connectivity index (χ0) is 24.3. The highest BCUT2D eigenvalue weighted by molar-refractivity contribution is 8.01. The van der Waals surface area contributed by atoms with Gasteiger partial charge in [-0.2, -0.15) is 0 Å². The molecule has 3 nitrogen and oxygen atoms in total. The third kappa shape index (κ3) is 8.85. The summed E-state index contributed by atoms with van der Waals surface area (Å²) < 4.78 is 1.36. The van der Waals surface area contributed by atoms with Crippen molar-refractivity contribution in [1.29, 1.82) is 0 Å². The smallest absolute Gasteiger partial charge is 0.224 e. The van der Waals surface area contributed by atoms with Crippen molar-refractivity contribution in [3.8, 4) is 0 Å². The van der Waals surface area contributed by atoms with Crippen molar-refractivity contribution in [3.63, 3.8) is 0 Å². The maximum atomic E-state index is 13.0. The van der Waals surface area contributed by atoms with E-state index in [1.54, 1.807) is 11.3 Å². The second-order valence-corrected chi connectivity index (χ2v) is 13.4. The monoisotopic (exact) mass is 506 g/mol. The van der Waals surface area contributed by atoms with E-state index in [1.165, 1.54) is 74.0 Å². The minimum absolute atomic E-state index is 0.226. The van der Waals surface area contributed by atoms with Gasteiger partial charge in [0.15, 0.2) is 0 Å². The van der Waals surface area contributed by atoms with Crippen molar-refractivity contribution in [1.82, 2.24) is 4.90 Å². The van der Waals surface area contributed by atoms with Crippen LogP contribution in [0, 0.1) is 30.6 Å². The standard InChI is InChI=1S/C29H50N2OS2/c1-5-31(6-2)19-20-33-29-23(4)21-28(34-29)30-27(32)18-17-26(24-11-9-7-8-10-12-24)25-15-13-22(3)14-16-25/h21-22,24-26H,5-20H2,1-4H3,(H,30,32)/t22?,25?,26-/m0/s1. The molecule has 3 rings (SSSR count). The molecule has 0 saturated heterocycles. The summed E-state index contributed by atoms with van der Waals surface area (Å²) in [5.41, 5.74) is 1.30. The molecule has 1 amide bonds. The quantitative estimate of drug-likeness (QED) is 0.227. The molecular weight excluding hydrogens is 456 g/mol. The first-order valence-electron chi connectivity index (χ1n) is 14.3. The van der Waals surface area contributed by atoms with Crippen molar-refractivity contribution in [3.05, 3.63) is 11.6 Å². The van der Waals surface area contributed by atoms with Crippen LogP contribution in [0.1, 0.15) is 103 Å². The largest absolute Gasteiger partial charge is 0.318 e. The minimum Gasteiger partial charge on any atom is -0.318 e. The summed E-state index contributed by atoms with van der Waals surface area (Å²) in [6.07, 6.45) is 15.8. The number of anilines is 1. The summed E-state index contributed by atoms with van der Waals surface area (Å²) in [6, 6.07) is 2.17. The molecule has 5 heteroatoms. The van der Waals surface area contributed by atoms with Crippen molar-refractivity contribution in [2.24, 2.45) is 23.7 Å². The molecule has 0 aliphatic heterocycles. The van der Waals surface area contributed by atoms with E-state index in [9.17, 15) is 4.79 Å². The number of aryl methyl sites for hydroxylation is 1. The molecule has 1 aromatic rings. The van der Waals surface area contributed by atoms with Crippen LogP contribution >= 0.6 is 23.1 Å². The Kier molecular flexibility index (Phi) is 12.3. The average molecular weight is 507 g/mol. The molecule has 1 aromatic heterocycles. The fourth-order valence-electron chi connectivity index (χ4n) is 6.28. The Bertz CT molecular complexity index is 714. The number of amides is 1. The first kappa shape index (κ1) is 28.1. The number of nitrogens with one attached hydrogen (secondary N) is 1. The number of thioether (sulfide) groups is 1. The van der Waals surface area contributed by atoms with Gasteiger partial charge in [-0.1, -0.05) is 72.1 Å². The summed E-state index contributed by atoms with van der Waals surface area (Å²) in [7, 11) is 0. The molecule has 2 aliphatic carbocycles. The molecule has 2 aliphatic rings. The summed E-state index contributed by atoms with van der Waals surface area (Å²) >= 11 is 3.70. The van der Waals surface area contributed by atoms with E-state index in [1.807, 2.05) is 11.8 Å². The van der Waals surface area contributed by atoms with Gasteiger partial charge in [0.05, 0.1) is 9.21 Å². The van der Waals surface area contributed by atoms with Crippen molar-refractivity contribution >= 4 is 34.0 Å². The Morgan fingerprint density at radius 3 is 2.35 bits per heavy atom.